The van der Waals surface area contributed by atoms with Crippen molar-refractivity contribution in [1.82, 2.24) is 19.7 Å². The Bertz CT molecular complexity index is 1020. The number of para-hydroxylation sites is 1. The zero-order valence-corrected chi connectivity index (χ0v) is 14.2. The molecule has 0 saturated carbocycles. The Kier molecular flexibility index (Phi) is 4.52. The van der Waals surface area contributed by atoms with Gasteiger partial charge in [0.1, 0.15) is 6.33 Å². The third kappa shape index (κ3) is 3.57. The monoisotopic (exact) mass is 378 g/mol. The number of rotatable bonds is 4. The third-order valence-corrected chi connectivity index (χ3v) is 3.68. The summed E-state index contributed by atoms with van der Waals surface area (Å²) in [4.78, 5) is 18.5. The largest absolute Gasteiger partial charge is 0.418 e. The van der Waals surface area contributed by atoms with E-state index in [0.717, 1.165) is 18.5 Å². The molecule has 0 aliphatic carbocycles. The molecule has 27 heavy (non-hydrogen) atoms. The van der Waals surface area contributed by atoms with Gasteiger partial charge in [-0.3, -0.25) is 10.1 Å². The molecule has 11 heteroatoms. The minimum atomic E-state index is -4.64. The number of aryl methyl sites for hydroxylation is 2. The lowest BCUT2D eigenvalue weighted by Crippen LogP contribution is -2.12. The first-order valence-corrected chi connectivity index (χ1v) is 7.64. The molecule has 0 atom stereocenters. The molecule has 0 spiro atoms. The number of nitro groups is 1. The Balaban J connectivity index is 2.15. The van der Waals surface area contributed by atoms with Gasteiger partial charge >= 0.3 is 11.9 Å². The summed E-state index contributed by atoms with van der Waals surface area (Å²) in [5, 5.41) is 18.2. The van der Waals surface area contributed by atoms with Gasteiger partial charge in [0.25, 0.3) is 0 Å². The molecule has 3 aromatic rings. The molecule has 0 radical (unpaired) electrons. The molecule has 2 heterocycles. The summed E-state index contributed by atoms with van der Waals surface area (Å²) in [6.45, 7) is 3.38. The van der Waals surface area contributed by atoms with Crippen molar-refractivity contribution in [3.8, 4) is 5.82 Å². The number of aromatic nitrogens is 4. The van der Waals surface area contributed by atoms with Crippen molar-refractivity contribution in [2.24, 2.45) is 0 Å². The molecule has 1 aromatic carbocycles. The second-order valence-electron chi connectivity index (χ2n) is 5.66. The lowest BCUT2D eigenvalue weighted by atomic mass is 10.1. The van der Waals surface area contributed by atoms with Crippen molar-refractivity contribution < 1.29 is 18.1 Å². The Morgan fingerprint density at radius 3 is 2.48 bits per heavy atom. The highest BCUT2D eigenvalue weighted by Gasteiger charge is 2.34. The van der Waals surface area contributed by atoms with Crippen LogP contribution in [0.1, 0.15) is 17.0 Å². The Hall–Kier alpha value is -3.50. The molecule has 8 nitrogen and oxygen atoms in total. The van der Waals surface area contributed by atoms with Crippen molar-refractivity contribution >= 4 is 17.2 Å². The fourth-order valence-electron chi connectivity index (χ4n) is 2.59. The number of nitrogens with one attached hydrogen (secondary N) is 1. The van der Waals surface area contributed by atoms with Crippen LogP contribution in [-0.2, 0) is 6.18 Å². The Morgan fingerprint density at radius 2 is 1.89 bits per heavy atom. The summed E-state index contributed by atoms with van der Waals surface area (Å²) in [5.74, 6) is -0.512. The summed E-state index contributed by atoms with van der Waals surface area (Å²) < 4.78 is 40.8. The van der Waals surface area contributed by atoms with E-state index in [1.165, 1.54) is 16.8 Å². The normalized spacial score (nSPS) is 11.4. The van der Waals surface area contributed by atoms with E-state index in [2.05, 4.69) is 20.4 Å². The van der Waals surface area contributed by atoms with Crippen LogP contribution < -0.4 is 5.32 Å². The maximum Gasteiger partial charge on any atom is 0.418 e. The first-order chi connectivity index (χ1) is 12.7. The highest BCUT2D eigenvalue weighted by atomic mass is 19.4. The van der Waals surface area contributed by atoms with E-state index in [1.807, 2.05) is 0 Å². The predicted octanol–water partition coefficient (Wildman–Crippen LogP) is 3.95. The molecule has 0 amide bonds. The van der Waals surface area contributed by atoms with Gasteiger partial charge in [0.2, 0.25) is 11.6 Å². The van der Waals surface area contributed by atoms with Gasteiger partial charge in [0, 0.05) is 5.69 Å². The first kappa shape index (κ1) is 18.3. The van der Waals surface area contributed by atoms with Crippen LogP contribution in [0.25, 0.3) is 5.82 Å². The van der Waals surface area contributed by atoms with Crippen LogP contribution >= 0.6 is 0 Å². The smallest absolute Gasteiger partial charge is 0.334 e. The topological polar surface area (TPSA) is 98.8 Å². The van der Waals surface area contributed by atoms with Crippen molar-refractivity contribution in [2.75, 3.05) is 5.32 Å². The SMILES string of the molecule is Cc1cc(C)n(-c2ncnc(Nc3ccccc3C(F)(F)F)c2[N+](=O)[O-])n1. The summed E-state index contributed by atoms with van der Waals surface area (Å²) in [7, 11) is 0. The van der Waals surface area contributed by atoms with Crippen LogP contribution in [0.5, 0.6) is 0 Å². The average Bonchev–Trinajstić information content (AvgIpc) is 2.92. The third-order valence-electron chi connectivity index (χ3n) is 3.68. The number of alkyl halides is 3. The summed E-state index contributed by atoms with van der Waals surface area (Å²) >= 11 is 0. The van der Waals surface area contributed by atoms with Gasteiger partial charge in [-0.15, -0.1) is 0 Å². The van der Waals surface area contributed by atoms with E-state index in [-0.39, 0.29) is 17.3 Å². The number of hydrogen-bond acceptors (Lipinski definition) is 6. The summed E-state index contributed by atoms with van der Waals surface area (Å²) in [5.41, 5.74) is -0.717. The van der Waals surface area contributed by atoms with Gasteiger partial charge in [-0.25, -0.2) is 14.6 Å². The number of nitrogens with zero attached hydrogens (tertiary/aromatic N) is 5. The average molecular weight is 378 g/mol. The van der Waals surface area contributed by atoms with Crippen molar-refractivity contribution in [3.63, 3.8) is 0 Å². The standard InChI is InChI=1S/C16H13F3N6O2/c1-9-7-10(2)24(23-9)15-13(25(26)27)14(20-8-21-15)22-12-6-4-3-5-11(12)16(17,18)19/h3-8H,1-2H3,(H,20,21,22). The van der Waals surface area contributed by atoms with Gasteiger partial charge in [-0.1, -0.05) is 12.1 Å². The Morgan fingerprint density at radius 1 is 1.19 bits per heavy atom. The molecule has 0 bridgehead atoms. The van der Waals surface area contributed by atoms with Crippen molar-refractivity contribution in [3.05, 3.63) is 63.7 Å². The van der Waals surface area contributed by atoms with Crippen LogP contribution in [0.3, 0.4) is 0 Å². The summed E-state index contributed by atoms with van der Waals surface area (Å²) in [6, 6.07) is 6.34. The molecule has 0 aliphatic heterocycles. The lowest BCUT2D eigenvalue weighted by Gasteiger charge is -2.14. The van der Waals surface area contributed by atoms with Crippen LogP contribution in [0.2, 0.25) is 0 Å². The fraction of sp³-hybridized carbons (Fsp3) is 0.188. The minimum absolute atomic E-state index is 0.146. The van der Waals surface area contributed by atoms with E-state index >= 15 is 0 Å². The fourth-order valence-corrected chi connectivity index (χ4v) is 2.59. The number of benzene rings is 1. The molecule has 0 unspecified atom stereocenters. The second kappa shape index (κ2) is 6.67. The highest BCUT2D eigenvalue weighted by molar-refractivity contribution is 5.72. The molecule has 2 aromatic heterocycles. The Labute approximate surface area is 150 Å². The second-order valence-corrected chi connectivity index (χ2v) is 5.66. The quantitative estimate of drug-likeness (QED) is 0.545. The molecule has 3 rings (SSSR count). The van der Waals surface area contributed by atoms with Crippen LogP contribution in [-0.4, -0.2) is 24.7 Å². The maximum atomic E-state index is 13.2. The molecule has 1 N–H and O–H groups in total. The zero-order valence-electron chi connectivity index (χ0n) is 14.2. The molecule has 140 valence electrons. The van der Waals surface area contributed by atoms with Gasteiger partial charge in [0.05, 0.1) is 21.9 Å². The van der Waals surface area contributed by atoms with E-state index in [0.29, 0.717) is 11.4 Å². The minimum Gasteiger partial charge on any atom is -0.334 e. The van der Waals surface area contributed by atoms with E-state index in [4.69, 9.17) is 0 Å². The predicted molar refractivity (Wildman–Crippen MR) is 90.0 cm³/mol. The molecular formula is C16H13F3N6O2. The lowest BCUT2D eigenvalue weighted by molar-refractivity contribution is -0.384. The number of anilines is 2. The van der Waals surface area contributed by atoms with E-state index < -0.39 is 22.4 Å². The maximum absolute atomic E-state index is 13.2. The van der Waals surface area contributed by atoms with Crippen molar-refractivity contribution in [1.29, 1.82) is 0 Å². The zero-order chi connectivity index (χ0) is 19.8. The highest BCUT2D eigenvalue weighted by Crippen LogP contribution is 2.37. The number of hydrogen-bond donors (Lipinski definition) is 1. The van der Waals surface area contributed by atoms with Gasteiger partial charge < -0.3 is 5.32 Å². The van der Waals surface area contributed by atoms with Crippen LogP contribution in [0.15, 0.2) is 36.7 Å². The van der Waals surface area contributed by atoms with Gasteiger partial charge in [-0.05, 0) is 32.0 Å². The van der Waals surface area contributed by atoms with E-state index in [1.54, 1.807) is 19.9 Å². The summed E-state index contributed by atoms with van der Waals surface area (Å²) in [6.07, 6.45) is -3.61. The first-order valence-electron chi connectivity index (χ1n) is 7.64. The van der Waals surface area contributed by atoms with Gasteiger partial charge in [-0.2, -0.15) is 18.3 Å². The van der Waals surface area contributed by atoms with Crippen molar-refractivity contribution in [2.45, 2.75) is 20.0 Å². The number of halogens is 3. The molecule has 0 aliphatic rings. The van der Waals surface area contributed by atoms with Crippen LogP contribution in [0, 0.1) is 24.0 Å². The molecule has 0 fully saturated rings. The van der Waals surface area contributed by atoms with Gasteiger partial charge in [0.15, 0.2) is 0 Å². The van der Waals surface area contributed by atoms with Crippen LogP contribution in [0.4, 0.5) is 30.4 Å². The molecule has 0 saturated heterocycles. The molecular weight excluding hydrogens is 365 g/mol. The van der Waals surface area contributed by atoms with E-state index in [9.17, 15) is 23.3 Å².